The van der Waals surface area contributed by atoms with Gasteiger partial charge in [0.05, 0.1) is 5.56 Å². The summed E-state index contributed by atoms with van der Waals surface area (Å²) in [5.74, 6) is 0.766. The topological polar surface area (TPSA) is 57.0 Å². The third kappa shape index (κ3) is 2.32. The Labute approximate surface area is 111 Å². The van der Waals surface area contributed by atoms with Crippen molar-refractivity contribution in [1.82, 2.24) is 9.88 Å². The summed E-state index contributed by atoms with van der Waals surface area (Å²) in [6, 6.07) is 5.26. The minimum absolute atomic E-state index is 0.0802. The number of nitriles is 1. The molecule has 0 saturated carbocycles. The lowest BCUT2D eigenvalue weighted by Crippen LogP contribution is -2.39. The maximum atomic E-state index is 12.3. The molecule has 1 aliphatic heterocycles. The lowest BCUT2D eigenvalue weighted by Gasteiger charge is -2.24. The van der Waals surface area contributed by atoms with Crippen molar-refractivity contribution in [3.63, 3.8) is 0 Å². The highest BCUT2D eigenvalue weighted by Gasteiger charge is 2.34. The van der Waals surface area contributed by atoms with Crippen LogP contribution < -0.4 is 0 Å². The van der Waals surface area contributed by atoms with Crippen LogP contribution in [0.1, 0.15) is 29.4 Å². The lowest BCUT2D eigenvalue weighted by atomic mass is 10.0. The smallest absolute Gasteiger partial charge is 0.272 e. The number of alkyl halides is 1. The monoisotopic (exact) mass is 263 g/mol. The predicted molar refractivity (Wildman–Crippen MR) is 68.3 cm³/mol. The fourth-order valence-corrected chi connectivity index (χ4v) is 2.70. The van der Waals surface area contributed by atoms with Crippen LogP contribution in [0.3, 0.4) is 0 Å². The number of hydrogen-bond acceptors (Lipinski definition) is 3. The summed E-state index contributed by atoms with van der Waals surface area (Å²) in [7, 11) is 0. The molecule has 0 aromatic carbocycles. The molecule has 1 fully saturated rings. The Morgan fingerprint density at radius 3 is 3.00 bits per heavy atom. The van der Waals surface area contributed by atoms with Gasteiger partial charge in [0.25, 0.3) is 5.91 Å². The van der Waals surface area contributed by atoms with Crippen molar-refractivity contribution in [2.75, 3.05) is 12.4 Å². The molecule has 0 spiro atoms. The molecule has 1 amide bonds. The summed E-state index contributed by atoms with van der Waals surface area (Å²) in [6.45, 7) is 2.83. The summed E-state index contributed by atoms with van der Waals surface area (Å²) in [5.41, 5.74) is 0.827. The molecule has 1 aromatic heterocycles. The summed E-state index contributed by atoms with van der Waals surface area (Å²) >= 11 is 5.92. The molecule has 94 valence electrons. The average molecular weight is 264 g/mol. The van der Waals surface area contributed by atoms with E-state index in [9.17, 15) is 4.79 Å². The van der Waals surface area contributed by atoms with Crippen molar-refractivity contribution < 1.29 is 4.79 Å². The Balaban J connectivity index is 2.18. The molecule has 4 nitrogen and oxygen atoms in total. The van der Waals surface area contributed by atoms with Gasteiger partial charge >= 0.3 is 0 Å². The third-order valence-corrected chi connectivity index (χ3v) is 3.73. The molecule has 0 aliphatic carbocycles. The van der Waals surface area contributed by atoms with Gasteiger partial charge in [0.1, 0.15) is 11.8 Å². The van der Waals surface area contributed by atoms with E-state index < -0.39 is 0 Å². The van der Waals surface area contributed by atoms with E-state index >= 15 is 0 Å². The second kappa shape index (κ2) is 5.36. The van der Waals surface area contributed by atoms with Crippen LogP contribution in [-0.4, -0.2) is 34.3 Å². The molecule has 0 bridgehead atoms. The van der Waals surface area contributed by atoms with E-state index in [0.29, 0.717) is 23.1 Å². The normalized spacial score (nSPS) is 22.8. The third-order valence-electron chi connectivity index (χ3n) is 3.41. The molecule has 1 aromatic rings. The molecule has 2 atom stereocenters. The van der Waals surface area contributed by atoms with Crippen molar-refractivity contribution in [2.24, 2.45) is 5.92 Å². The number of nitrogens with zero attached hydrogens (tertiary/aromatic N) is 3. The summed E-state index contributed by atoms with van der Waals surface area (Å²) in [5, 5.41) is 8.69. The van der Waals surface area contributed by atoms with Gasteiger partial charge in [-0.15, -0.1) is 11.6 Å². The van der Waals surface area contributed by atoms with Gasteiger partial charge in [0.15, 0.2) is 0 Å². The molecule has 1 saturated heterocycles. The van der Waals surface area contributed by atoms with Gasteiger partial charge in [-0.3, -0.25) is 4.79 Å². The number of aromatic nitrogens is 1. The van der Waals surface area contributed by atoms with E-state index in [1.54, 1.807) is 17.0 Å². The molecule has 2 heterocycles. The SMILES string of the molecule is CC1CCN(C(=O)c2ccc(C#N)cn2)C1CCl. The highest BCUT2D eigenvalue weighted by molar-refractivity contribution is 6.18. The fraction of sp³-hybridized carbons (Fsp3) is 0.462. The van der Waals surface area contributed by atoms with Gasteiger partial charge in [-0.25, -0.2) is 4.98 Å². The Morgan fingerprint density at radius 2 is 2.44 bits per heavy atom. The first-order valence-corrected chi connectivity index (χ1v) is 6.44. The van der Waals surface area contributed by atoms with Crippen molar-refractivity contribution in [3.8, 4) is 6.07 Å². The first-order chi connectivity index (χ1) is 8.67. The van der Waals surface area contributed by atoms with Gasteiger partial charge < -0.3 is 4.90 Å². The Bertz CT molecular complexity index is 480. The average Bonchev–Trinajstić information content (AvgIpc) is 2.79. The minimum Gasteiger partial charge on any atom is -0.333 e. The van der Waals surface area contributed by atoms with E-state index in [4.69, 9.17) is 16.9 Å². The van der Waals surface area contributed by atoms with Crippen LogP contribution in [-0.2, 0) is 0 Å². The zero-order valence-electron chi connectivity index (χ0n) is 10.1. The Hall–Kier alpha value is -1.60. The van der Waals surface area contributed by atoms with E-state index in [0.717, 1.165) is 13.0 Å². The number of carbonyl (C=O) groups excluding carboxylic acids is 1. The van der Waals surface area contributed by atoms with E-state index in [1.807, 2.05) is 6.07 Å². The molecule has 1 aliphatic rings. The number of rotatable bonds is 2. The van der Waals surface area contributed by atoms with Crippen LogP contribution >= 0.6 is 11.6 Å². The van der Waals surface area contributed by atoms with Crippen LogP contribution in [0.5, 0.6) is 0 Å². The minimum atomic E-state index is -0.102. The molecule has 2 rings (SSSR count). The van der Waals surface area contributed by atoms with Crippen molar-refractivity contribution in [1.29, 1.82) is 5.26 Å². The predicted octanol–water partition coefficient (Wildman–Crippen LogP) is 2.04. The number of hydrogen-bond donors (Lipinski definition) is 0. The Morgan fingerprint density at radius 1 is 1.67 bits per heavy atom. The molecule has 2 unspecified atom stereocenters. The quantitative estimate of drug-likeness (QED) is 0.768. The van der Waals surface area contributed by atoms with Crippen molar-refractivity contribution in [2.45, 2.75) is 19.4 Å². The van der Waals surface area contributed by atoms with E-state index in [1.165, 1.54) is 6.20 Å². The highest BCUT2D eigenvalue weighted by Crippen LogP contribution is 2.26. The molecular formula is C13H14ClN3O. The standard InChI is InChI=1S/C13H14ClN3O/c1-9-4-5-17(12(9)6-14)13(18)11-3-2-10(7-15)8-16-11/h2-3,8-9,12H,4-6H2,1H3. The number of amides is 1. The van der Waals surface area contributed by atoms with Crippen LogP contribution in [0.2, 0.25) is 0 Å². The molecule has 18 heavy (non-hydrogen) atoms. The van der Waals surface area contributed by atoms with Crippen LogP contribution in [0.25, 0.3) is 0 Å². The number of likely N-dealkylation sites (tertiary alicyclic amines) is 1. The lowest BCUT2D eigenvalue weighted by molar-refractivity contribution is 0.0731. The zero-order valence-corrected chi connectivity index (χ0v) is 10.9. The highest BCUT2D eigenvalue weighted by atomic mass is 35.5. The van der Waals surface area contributed by atoms with Gasteiger partial charge in [-0.2, -0.15) is 5.26 Å². The number of pyridine rings is 1. The fourth-order valence-electron chi connectivity index (χ4n) is 2.23. The summed E-state index contributed by atoms with van der Waals surface area (Å²) < 4.78 is 0. The van der Waals surface area contributed by atoms with Crippen molar-refractivity contribution in [3.05, 3.63) is 29.6 Å². The molecular weight excluding hydrogens is 250 g/mol. The zero-order chi connectivity index (χ0) is 13.1. The van der Waals surface area contributed by atoms with Crippen LogP contribution in [0.15, 0.2) is 18.3 Å². The van der Waals surface area contributed by atoms with E-state index in [2.05, 4.69) is 11.9 Å². The maximum absolute atomic E-state index is 12.3. The van der Waals surface area contributed by atoms with Gasteiger partial charge in [-0.05, 0) is 24.5 Å². The van der Waals surface area contributed by atoms with Gasteiger partial charge in [0, 0.05) is 24.7 Å². The van der Waals surface area contributed by atoms with Gasteiger partial charge in [0.2, 0.25) is 0 Å². The molecule has 5 heteroatoms. The van der Waals surface area contributed by atoms with Crippen LogP contribution in [0.4, 0.5) is 0 Å². The first-order valence-electron chi connectivity index (χ1n) is 5.90. The first kappa shape index (κ1) is 12.8. The Kier molecular flexibility index (Phi) is 3.83. The van der Waals surface area contributed by atoms with E-state index in [-0.39, 0.29) is 11.9 Å². The molecule has 0 radical (unpaired) electrons. The number of carbonyl (C=O) groups is 1. The number of halogens is 1. The summed E-state index contributed by atoms with van der Waals surface area (Å²) in [4.78, 5) is 18.1. The largest absolute Gasteiger partial charge is 0.333 e. The summed E-state index contributed by atoms with van der Waals surface area (Å²) in [6.07, 6.45) is 2.39. The molecule has 0 N–H and O–H groups in total. The second-order valence-electron chi connectivity index (χ2n) is 4.53. The van der Waals surface area contributed by atoms with Gasteiger partial charge in [-0.1, -0.05) is 6.92 Å². The second-order valence-corrected chi connectivity index (χ2v) is 4.84. The van der Waals surface area contributed by atoms with Crippen molar-refractivity contribution >= 4 is 17.5 Å². The maximum Gasteiger partial charge on any atom is 0.272 e. The van der Waals surface area contributed by atoms with Crippen LogP contribution in [0, 0.1) is 17.2 Å².